The van der Waals surface area contributed by atoms with Gasteiger partial charge in [0.1, 0.15) is 24.0 Å². The van der Waals surface area contributed by atoms with Gasteiger partial charge in [0.2, 0.25) is 0 Å². The quantitative estimate of drug-likeness (QED) is 0.898. The summed E-state index contributed by atoms with van der Waals surface area (Å²) < 4.78 is 33.4. The van der Waals surface area contributed by atoms with E-state index in [1.165, 1.54) is 18.2 Å². The lowest BCUT2D eigenvalue weighted by atomic mass is 10.1. The van der Waals surface area contributed by atoms with Crippen molar-refractivity contribution < 1.29 is 13.5 Å². The van der Waals surface area contributed by atoms with Crippen molar-refractivity contribution in [3.05, 3.63) is 63.6 Å². The molecular formula is C15H14BrF2NO. The number of rotatable bonds is 4. The Hall–Kier alpha value is -1.46. The maximum absolute atomic E-state index is 13.5. The minimum atomic E-state index is -0.621. The van der Waals surface area contributed by atoms with Crippen LogP contribution in [0, 0.1) is 11.6 Å². The smallest absolute Gasteiger partial charge is 0.132 e. The van der Waals surface area contributed by atoms with Crippen molar-refractivity contribution in [2.45, 2.75) is 19.6 Å². The van der Waals surface area contributed by atoms with Gasteiger partial charge >= 0.3 is 0 Å². The van der Waals surface area contributed by atoms with Crippen molar-refractivity contribution in [3.8, 4) is 5.75 Å². The largest absolute Gasteiger partial charge is 0.488 e. The van der Waals surface area contributed by atoms with Crippen LogP contribution in [0.3, 0.4) is 0 Å². The van der Waals surface area contributed by atoms with Crippen molar-refractivity contribution in [3.63, 3.8) is 0 Å². The Balaban J connectivity index is 2.23. The molecule has 0 bridgehead atoms. The van der Waals surface area contributed by atoms with E-state index >= 15 is 0 Å². The van der Waals surface area contributed by atoms with Crippen LogP contribution >= 0.6 is 15.9 Å². The molecule has 2 aromatic carbocycles. The molecule has 0 aliphatic heterocycles. The van der Waals surface area contributed by atoms with Crippen molar-refractivity contribution in [2.75, 3.05) is 0 Å². The van der Waals surface area contributed by atoms with Gasteiger partial charge in [0.05, 0.1) is 5.56 Å². The van der Waals surface area contributed by atoms with Gasteiger partial charge in [-0.1, -0.05) is 22.0 Å². The number of halogens is 3. The summed E-state index contributed by atoms with van der Waals surface area (Å²) in [4.78, 5) is 0. The molecule has 1 atom stereocenters. The lowest BCUT2D eigenvalue weighted by Crippen LogP contribution is -2.09. The fourth-order valence-electron chi connectivity index (χ4n) is 1.83. The van der Waals surface area contributed by atoms with Gasteiger partial charge < -0.3 is 10.5 Å². The van der Waals surface area contributed by atoms with Crippen LogP contribution in [0.1, 0.15) is 24.1 Å². The van der Waals surface area contributed by atoms with E-state index in [0.717, 1.165) is 10.0 Å². The van der Waals surface area contributed by atoms with Gasteiger partial charge in [0.25, 0.3) is 0 Å². The van der Waals surface area contributed by atoms with E-state index in [9.17, 15) is 8.78 Å². The summed E-state index contributed by atoms with van der Waals surface area (Å²) >= 11 is 3.35. The van der Waals surface area contributed by atoms with E-state index in [0.29, 0.717) is 5.75 Å². The molecule has 0 unspecified atom stereocenters. The number of hydrogen-bond donors (Lipinski definition) is 1. The minimum absolute atomic E-state index is 0.0916. The fraction of sp³-hybridized carbons (Fsp3) is 0.200. The van der Waals surface area contributed by atoms with E-state index in [-0.39, 0.29) is 18.2 Å². The molecule has 0 spiro atoms. The molecular weight excluding hydrogens is 328 g/mol. The van der Waals surface area contributed by atoms with Gasteiger partial charge in [0, 0.05) is 16.1 Å². The topological polar surface area (TPSA) is 35.2 Å². The van der Waals surface area contributed by atoms with Crippen molar-refractivity contribution in [2.24, 2.45) is 5.73 Å². The molecule has 0 radical (unpaired) electrons. The van der Waals surface area contributed by atoms with Crippen LogP contribution in [0.5, 0.6) is 5.75 Å². The summed E-state index contributed by atoms with van der Waals surface area (Å²) in [6.07, 6.45) is 0. The Morgan fingerprint density at radius 3 is 2.45 bits per heavy atom. The molecule has 0 heterocycles. The third-order valence-electron chi connectivity index (χ3n) is 2.90. The van der Waals surface area contributed by atoms with Crippen molar-refractivity contribution in [1.29, 1.82) is 0 Å². The van der Waals surface area contributed by atoms with Crippen LogP contribution in [-0.2, 0) is 6.61 Å². The molecule has 5 heteroatoms. The molecule has 2 N–H and O–H groups in total. The highest BCUT2D eigenvalue weighted by atomic mass is 79.9. The lowest BCUT2D eigenvalue weighted by molar-refractivity contribution is 0.288. The molecule has 0 aliphatic rings. The van der Waals surface area contributed by atoms with Crippen LogP contribution in [0.15, 0.2) is 40.9 Å². The van der Waals surface area contributed by atoms with Gasteiger partial charge in [-0.05, 0) is 37.3 Å². The summed E-state index contributed by atoms with van der Waals surface area (Å²) in [7, 11) is 0. The van der Waals surface area contributed by atoms with Crippen molar-refractivity contribution >= 4 is 15.9 Å². The highest BCUT2D eigenvalue weighted by Crippen LogP contribution is 2.28. The van der Waals surface area contributed by atoms with Crippen LogP contribution in [0.4, 0.5) is 8.78 Å². The van der Waals surface area contributed by atoms with E-state index in [2.05, 4.69) is 15.9 Å². The highest BCUT2D eigenvalue weighted by molar-refractivity contribution is 9.10. The molecule has 2 aromatic rings. The van der Waals surface area contributed by atoms with Crippen LogP contribution in [-0.4, -0.2) is 0 Å². The number of nitrogens with two attached hydrogens (primary N) is 1. The summed E-state index contributed by atoms with van der Waals surface area (Å²) in [6, 6.07) is 8.83. The highest BCUT2D eigenvalue weighted by Gasteiger charge is 2.12. The summed E-state index contributed by atoms with van der Waals surface area (Å²) in [5.41, 5.74) is 6.55. The predicted molar refractivity (Wildman–Crippen MR) is 77.4 cm³/mol. The summed E-state index contributed by atoms with van der Waals surface area (Å²) in [5.74, 6) is -0.722. The second-order valence-electron chi connectivity index (χ2n) is 4.46. The van der Waals surface area contributed by atoms with Crippen LogP contribution in [0.25, 0.3) is 0 Å². The molecule has 0 saturated carbocycles. The van der Waals surface area contributed by atoms with E-state index in [4.69, 9.17) is 10.5 Å². The molecule has 2 rings (SSSR count). The first-order valence-electron chi connectivity index (χ1n) is 6.09. The maximum Gasteiger partial charge on any atom is 0.132 e. The standard InChI is InChI=1S/C15H14BrF2NO/c1-9(19)11-7-10(16)5-6-15(11)20-8-12-13(17)3-2-4-14(12)18/h2-7,9H,8,19H2,1H3/t9-/m0/s1. The van der Waals surface area contributed by atoms with Crippen molar-refractivity contribution in [1.82, 2.24) is 0 Å². The van der Waals surface area contributed by atoms with Gasteiger partial charge in [-0.15, -0.1) is 0 Å². The van der Waals surface area contributed by atoms with Gasteiger partial charge in [-0.3, -0.25) is 0 Å². The second kappa shape index (κ2) is 6.33. The lowest BCUT2D eigenvalue weighted by Gasteiger charge is -2.15. The number of hydrogen-bond acceptors (Lipinski definition) is 2. The average molecular weight is 342 g/mol. The Morgan fingerprint density at radius 2 is 1.85 bits per heavy atom. The molecule has 0 fully saturated rings. The molecule has 2 nitrogen and oxygen atoms in total. The fourth-order valence-corrected chi connectivity index (χ4v) is 2.21. The Labute approximate surface area is 124 Å². The molecule has 0 amide bonds. The summed E-state index contributed by atoms with van der Waals surface area (Å²) in [6.45, 7) is 1.64. The zero-order chi connectivity index (χ0) is 14.7. The second-order valence-corrected chi connectivity index (χ2v) is 5.38. The van der Waals surface area contributed by atoms with Gasteiger partial charge in [0.15, 0.2) is 0 Å². The molecule has 20 heavy (non-hydrogen) atoms. The van der Waals surface area contributed by atoms with E-state index < -0.39 is 11.6 Å². The normalized spacial score (nSPS) is 12.2. The SMILES string of the molecule is C[C@H](N)c1cc(Br)ccc1OCc1c(F)cccc1F. The van der Waals surface area contributed by atoms with E-state index in [1.807, 2.05) is 13.0 Å². The van der Waals surface area contributed by atoms with Gasteiger partial charge in [-0.25, -0.2) is 8.78 Å². The molecule has 106 valence electrons. The minimum Gasteiger partial charge on any atom is -0.488 e. The zero-order valence-corrected chi connectivity index (χ0v) is 12.5. The number of ether oxygens (including phenoxy) is 1. The number of benzene rings is 2. The maximum atomic E-state index is 13.5. The Bertz CT molecular complexity index is 597. The first-order chi connectivity index (χ1) is 9.49. The first kappa shape index (κ1) is 14.9. The average Bonchev–Trinajstić information content (AvgIpc) is 2.39. The summed E-state index contributed by atoms with van der Waals surface area (Å²) in [5, 5.41) is 0. The molecule has 0 saturated heterocycles. The monoisotopic (exact) mass is 341 g/mol. The Morgan fingerprint density at radius 1 is 1.20 bits per heavy atom. The third kappa shape index (κ3) is 3.35. The molecule has 0 aliphatic carbocycles. The molecule has 0 aromatic heterocycles. The van der Waals surface area contributed by atoms with Crippen LogP contribution < -0.4 is 10.5 Å². The van der Waals surface area contributed by atoms with E-state index in [1.54, 1.807) is 12.1 Å². The Kier molecular flexibility index (Phi) is 4.73. The third-order valence-corrected chi connectivity index (χ3v) is 3.39. The first-order valence-corrected chi connectivity index (χ1v) is 6.89. The van der Waals surface area contributed by atoms with Crippen LogP contribution in [0.2, 0.25) is 0 Å². The van der Waals surface area contributed by atoms with Gasteiger partial charge in [-0.2, -0.15) is 0 Å². The predicted octanol–water partition coefficient (Wildman–Crippen LogP) is 4.33. The zero-order valence-electron chi connectivity index (χ0n) is 10.9.